The number of nitrogens with zero attached hydrogens (tertiary/aromatic N) is 2. The Labute approximate surface area is 145 Å². The predicted molar refractivity (Wildman–Crippen MR) is 93.6 cm³/mol. The Morgan fingerprint density at radius 3 is 2.38 bits per heavy atom. The van der Waals surface area contributed by atoms with E-state index in [2.05, 4.69) is 20.2 Å². The molecular formula is C15H20N4O3S2. The van der Waals surface area contributed by atoms with E-state index in [9.17, 15) is 13.2 Å². The maximum absolute atomic E-state index is 12.5. The fraction of sp³-hybridized carbons (Fsp3) is 0.400. The molecule has 0 fully saturated rings. The molecule has 1 heterocycles. The van der Waals surface area contributed by atoms with Crippen molar-refractivity contribution in [1.29, 1.82) is 0 Å². The van der Waals surface area contributed by atoms with Crippen molar-refractivity contribution in [2.24, 2.45) is 0 Å². The normalized spacial score (nSPS) is 12.9. The van der Waals surface area contributed by atoms with Crippen LogP contribution in [-0.4, -0.2) is 24.5 Å². The van der Waals surface area contributed by atoms with Crippen LogP contribution in [0.2, 0.25) is 0 Å². The van der Waals surface area contributed by atoms with Crippen LogP contribution in [0.15, 0.2) is 16.5 Å². The molecule has 24 heavy (non-hydrogen) atoms. The maximum atomic E-state index is 12.5. The Hall–Kier alpha value is -1.84. The number of aryl methyl sites for hydroxylation is 3. The average molecular weight is 368 g/mol. The number of rotatable bonds is 5. The zero-order valence-electron chi connectivity index (χ0n) is 14.2. The molecule has 0 aliphatic rings. The molecule has 1 amide bonds. The van der Waals surface area contributed by atoms with Crippen molar-refractivity contribution in [1.82, 2.24) is 14.9 Å². The lowest BCUT2D eigenvalue weighted by Crippen LogP contribution is -2.27. The smallest absolute Gasteiger partial charge is 0.270 e. The van der Waals surface area contributed by atoms with Gasteiger partial charge in [0.1, 0.15) is 0 Å². The van der Waals surface area contributed by atoms with E-state index < -0.39 is 16.1 Å². The first kappa shape index (κ1) is 18.5. The minimum atomic E-state index is -3.82. The summed E-state index contributed by atoms with van der Waals surface area (Å²) < 4.78 is 27.4. The molecule has 2 rings (SSSR count). The minimum Gasteiger partial charge on any atom is -0.301 e. The van der Waals surface area contributed by atoms with Crippen molar-refractivity contribution in [2.45, 2.75) is 45.0 Å². The van der Waals surface area contributed by atoms with Gasteiger partial charge in [0.2, 0.25) is 15.4 Å². The number of hydrogen-bond donors (Lipinski definition) is 2. The van der Waals surface area contributed by atoms with Gasteiger partial charge in [-0.3, -0.25) is 4.79 Å². The lowest BCUT2D eigenvalue weighted by atomic mass is 9.97. The largest absolute Gasteiger partial charge is 0.301 e. The third-order valence-electron chi connectivity index (χ3n) is 3.60. The molecule has 1 aromatic heterocycles. The molecule has 0 unspecified atom stereocenters. The van der Waals surface area contributed by atoms with Gasteiger partial charge < -0.3 is 5.32 Å². The summed E-state index contributed by atoms with van der Waals surface area (Å²) in [5, 5.41) is 9.88. The SMILES string of the molecule is CC(=O)Nc1nnc(S(=O)(=O)N[C@@H](C)c2cc(C)c(C)cc2C)s1. The van der Waals surface area contributed by atoms with E-state index in [4.69, 9.17) is 0 Å². The fourth-order valence-electron chi connectivity index (χ4n) is 2.32. The van der Waals surface area contributed by atoms with Gasteiger partial charge >= 0.3 is 0 Å². The molecule has 0 saturated heterocycles. The van der Waals surface area contributed by atoms with Crippen molar-refractivity contribution in [3.63, 3.8) is 0 Å². The Balaban J connectivity index is 2.24. The molecule has 9 heteroatoms. The van der Waals surface area contributed by atoms with Crippen LogP contribution in [0.4, 0.5) is 5.13 Å². The molecule has 0 radical (unpaired) electrons. The van der Waals surface area contributed by atoms with E-state index >= 15 is 0 Å². The molecular weight excluding hydrogens is 348 g/mol. The number of aromatic nitrogens is 2. The molecule has 0 bridgehead atoms. The van der Waals surface area contributed by atoms with Gasteiger partial charge in [0.15, 0.2) is 0 Å². The first-order valence-corrected chi connectivity index (χ1v) is 9.61. The summed E-state index contributed by atoms with van der Waals surface area (Å²) in [5.41, 5.74) is 4.19. The van der Waals surface area contributed by atoms with Crippen LogP contribution in [0.1, 0.15) is 42.1 Å². The number of carbonyl (C=O) groups is 1. The van der Waals surface area contributed by atoms with Gasteiger partial charge in [0, 0.05) is 13.0 Å². The quantitative estimate of drug-likeness (QED) is 0.790. The maximum Gasteiger partial charge on any atom is 0.270 e. The molecule has 0 aliphatic heterocycles. The Bertz CT molecular complexity index is 875. The van der Waals surface area contributed by atoms with E-state index in [1.807, 2.05) is 32.9 Å². The molecule has 0 aliphatic carbocycles. The van der Waals surface area contributed by atoms with Gasteiger partial charge in [-0.25, -0.2) is 13.1 Å². The number of sulfonamides is 1. The standard InChI is InChI=1S/C15H20N4O3S2/c1-8-6-10(3)13(7-9(8)2)11(4)19-24(21,22)15-18-17-14(23-15)16-12(5)20/h6-7,11,19H,1-5H3,(H,16,17,20)/t11-/m0/s1. The molecule has 2 aromatic rings. The van der Waals surface area contributed by atoms with Crippen molar-refractivity contribution >= 4 is 32.4 Å². The Kier molecular flexibility index (Phi) is 5.36. The van der Waals surface area contributed by atoms with Crippen LogP contribution in [0.5, 0.6) is 0 Å². The third kappa shape index (κ3) is 4.16. The van der Waals surface area contributed by atoms with Gasteiger partial charge in [-0.2, -0.15) is 0 Å². The van der Waals surface area contributed by atoms with Crippen LogP contribution in [0, 0.1) is 20.8 Å². The second-order valence-electron chi connectivity index (χ2n) is 5.69. The molecule has 0 saturated carbocycles. The first-order chi connectivity index (χ1) is 11.1. The highest BCUT2D eigenvalue weighted by atomic mass is 32.2. The highest BCUT2D eigenvalue weighted by Crippen LogP contribution is 2.25. The van der Waals surface area contributed by atoms with Crippen LogP contribution >= 0.6 is 11.3 Å². The number of amides is 1. The fourth-order valence-corrected chi connectivity index (χ4v) is 4.50. The van der Waals surface area contributed by atoms with Gasteiger partial charge in [0.05, 0.1) is 0 Å². The average Bonchev–Trinajstić information content (AvgIpc) is 2.90. The van der Waals surface area contributed by atoms with Gasteiger partial charge in [-0.1, -0.05) is 23.5 Å². The summed E-state index contributed by atoms with van der Waals surface area (Å²) in [6.45, 7) is 9.06. The first-order valence-electron chi connectivity index (χ1n) is 7.31. The number of carbonyl (C=O) groups excluding carboxylic acids is 1. The van der Waals surface area contributed by atoms with Gasteiger partial charge in [-0.15, -0.1) is 10.2 Å². The highest BCUT2D eigenvalue weighted by molar-refractivity contribution is 7.91. The second kappa shape index (κ2) is 6.96. The predicted octanol–water partition coefficient (Wildman–Crippen LogP) is 2.46. The van der Waals surface area contributed by atoms with Gasteiger partial charge in [-0.05, 0) is 49.9 Å². The van der Waals surface area contributed by atoms with Crippen molar-refractivity contribution < 1.29 is 13.2 Å². The zero-order chi connectivity index (χ0) is 18.1. The summed E-state index contributed by atoms with van der Waals surface area (Å²) in [7, 11) is -3.82. The summed E-state index contributed by atoms with van der Waals surface area (Å²) >= 11 is 0.810. The molecule has 7 nitrogen and oxygen atoms in total. The van der Waals surface area contributed by atoms with E-state index in [1.54, 1.807) is 6.92 Å². The minimum absolute atomic E-state index is 0.151. The van der Waals surface area contributed by atoms with E-state index in [-0.39, 0.29) is 15.4 Å². The van der Waals surface area contributed by atoms with Gasteiger partial charge in [0.25, 0.3) is 10.0 Å². The summed E-state index contributed by atoms with van der Waals surface area (Å²) in [5.74, 6) is -0.331. The number of benzene rings is 1. The van der Waals surface area contributed by atoms with E-state index in [1.165, 1.54) is 6.92 Å². The van der Waals surface area contributed by atoms with Crippen LogP contribution in [-0.2, 0) is 14.8 Å². The van der Waals surface area contributed by atoms with Crippen molar-refractivity contribution in [3.8, 4) is 0 Å². The Morgan fingerprint density at radius 1 is 1.12 bits per heavy atom. The highest BCUT2D eigenvalue weighted by Gasteiger charge is 2.24. The summed E-state index contributed by atoms with van der Waals surface area (Å²) in [6, 6.07) is 3.61. The third-order valence-corrected chi connectivity index (χ3v) is 6.35. The Morgan fingerprint density at radius 2 is 1.75 bits per heavy atom. The number of anilines is 1. The lowest BCUT2D eigenvalue weighted by molar-refractivity contribution is -0.114. The van der Waals surface area contributed by atoms with Crippen molar-refractivity contribution in [2.75, 3.05) is 5.32 Å². The molecule has 2 N–H and O–H groups in total. The molecule has 0 spiro atoms. The van der Waals surface area contributed by atoms with Crippen molar-refractivity contribution in [3.05, 3.63) is 34.4 Å². The molecule has 1 atom stereocenters. The second-order valence-corrected chi connectivity index (χ2v) is 8.56. The van der Waals surface area contributed by atoms with E-state index in [0.29, 0.717) is 0 Å². The van der Waals surface area contributed by atoms with Crippen LogP contribution in [0.3, 0.4) is 0 Å². The summed E-state index contributed by atoms with van der Waals surface area (Å²) in [4.78, 5) is 11.0. The number of nitrogens with one attached hydrogen (secondary N) is 2. The van der Waals surface area contributed by atoms with Crippen LogP contribution < -0.4 is 10.0 Å². The zero-order valence-corrected chi connectivity index (χ0v) is 15.8. The molecule has 130 valence electrons. The lowest BCUT2D eigenvalue weighted by Gasteiger charge is -2.17. The van der Waals surface area contributed by atoms with Crippen LogP contribution in [0.25, 0.3) is 0 Å². The van der Waals surface area contributed by atoms with E-state index in [0.717, 1.165) is 33.6 Å². The monoisotopic (exact) mass is 368 g/mol. The topological polar surface area (TPSA) is 101 Å². The molecule has 1 aromatic carbocycles. The summed E-state index contributed by atoms with van der Waals surface area (Å²) in [6.07, 6.45) is 0. The number of hydrogen-bond acceptors (Lipinski definition) is 6.